The van der Waals surface area contributed by atoms with E-state index >= 15 is 0 Å². The van der Waals surface area contributed by atoms with E-state index in [1.807, 2.05) is 0 Å². The molecule has 0 heterocycles. The van der Waals surface area contributed by atoms with E-state index in [0.29, 0.717) is 12.0 Å². The summed E-state index contributed by atoms with van der Waals surface area (Å²) >= 11 is 0. The molecule has 1 fully saturated rings. The molecule has 0 amide bonds. The lowest BCUT2D eigenvalue weighted by atomic mass is 9.77. The van der Waals surface area contributed by atoms with Crippen molar-refractivity contribution < 1.29 is 0 Å². The van der Waals surface area contributed by atoms with Crippen LogP contribution in [-0.4, -0.2) is 0 Å². The highest BCUT2D eigenvalue weighted by Crippen LogP contribution is 2.36. The van der Waals surface area contributed by atoms with Gasteiger partial charge in [-0.05, 0) is 42.2 Å². The average Bonchev–Trinajstić information content (AvgIpc) is 2.42. The molecule has 1 unspecified atom stereocenters. The van der Waals surface area contributed by atoms with Crippen molar-refractivity contribution in [2.75, 3.05) is 0 Å². The van der Waals surface area contributed by atoms with Crippen LogP contribution in [0.4, 0.5) is 0 Å². The Morgan fingerprint density at radius 2 is 2.00 bits per heavy atom. The third kappa shape index (κ3) is 3.12. The summed E-state index contributed by atoms with van der Waals surface area (Å²) in [7, 11) is 0. The fourth-order valence-corrected chi connectivity index (χ4v) is 3.13. The molecule has 1 aliphatic rings. The van der Waals surface area contributed by atoms with Gasteiger partial charge in [0.25, 0.3) is 0 Å². The second kappa shape index (κ2) is 6.35. The van der Waals surface area contributed by atoms with Crippen LogP contribution >= 0.6 is 0 Å². The third-order valence-electron chi connectivity index (χ3n) is 4.43. The van der Waals surface area contributed by atoms with Gasteiger partial charge in [-0.3, -0.25) is 11.3 Å². The Kier molecular flexibility index (Phi) is 4.79. The molecule has 0 spiro atoms. The number of benzene rings is 1. The Morgan fingerprint density at radius 1 is 1.28 bits per heavy atom. The molecular weight excluding hydrogens is 220 g/mol. The van der Waals surface area contributed by atoms with E-state index < -0.39 is 0 Å². The highest BCUT2D eigenvalue weighted by Gasteiger charge is 2.26. The molecule has 0 bridgehead atoms. The van der Waals surface area contributed by atoms with Gasteiger partial charge in [-0.1, -0.05) is 51.0 Å². The number of aryl methyl sites for hydroxylation is 1. The first kappa shape index (κ1) is 13.6. The Labute approximate surface area is 111 Å². The van der Waals surface area contributed by atoms with Crippen molar-refractivity contribution in [2.45, 2.75) is 52.0 Å². The summed E-state index contributed by atoms with van der Waals surface area (Å²) < 4.78 is 0. The molecule has 18 heavy (non-hydrogen) atoms. The van der Waals surface area contributed by atoms with Crippen molar-refractivity contribution in [2.24, 2.45) is 17.7 Å². The van der Waals surface area contributed by atoms with E-state index in [1.165, 1.54) is 36.8 Å². The van der Waals surface area contributed by atoms with E-state index in [-0.39, 0.29) is 0 Å². The molecule has 1 saturated carbocycles. The Balaban J connectivity index is 2.11. The summed E-state index contributed by atoms with van der Waals surface area (Å²) in [5.74, 6) is 7.40. The molecule has 1 aliphatic carbocycles. The number of hydrogen-bond acceptors (Lipinski definition) is 2. The Morgan fingerprint density at radius 3 is 2.61 bits per heavy atom. The number of rotatable bonds is 4. The summed E-state index contributed by atoms with van der Waals surface area (Å²) in [6.07, 6.45) is 6.37. The Bertz CT molecular complexity index is 367. The van der Waals surface area contributed by atoms with Crippen LogP contribution in [0.15, 0.2) is 24.3 Å². The van der Waals surface area contributed by atoms with Crippen LogP contribution in [0.2, 0.25) is 0 Å². The van der Waals surface area contributed by atoms with Crippen LogP contribution < -0.4 is 11.3 Å². The van der Waals surface area contributed by atoms with Gasteiger partial charge in [0, 0.05) is 6.04 Å². The molecule has 0 radical (unpaired) electrons. The first-order chi connectivity index (χ1) is 8.74. The zero-order chi connectivity index (χ0) is 13.0. The predicted octanol–water partition coefficient (Wildman–Crippen LogP) is 3.58. The summed E-state index contributed by atoms with van der Waals surface area (Å²) in [4.78, 5) is 0. The summed E-state index contributed by atoms with van der Waals surface area (Å²) in [5, 5.41) is 0. The first-order valence-corrected chi connectivity index (χ1v) is 7.29. The minimum atomic E-state index is 0.323. The van der Waals surface area contributed by atoms with Gasteiger partial charge >= 0.3 is 0 Å². The lowest BCUT2D eigenvalue weighted by molar-refractivity contribution is 0.232. The topological polar surface area (TPSA) is 38.0 Å². The van der Waals surface area contributed by atoms with E-state index in [4.69, 9.17) is 5.84 Å². The molecule has 100 valence electrons. The van der Waals surface area contributed by atoms with Crippen molar-refractivity contribution in [1.82, 2.24) is 5.43 Å². The maximum atomic E-state index is 5.81. The largest absolute Gasteiger partial charge is 0.271 e. The van der Waals surface area contributed by atoms with Crippen molar-refractivity contribution in [3.05, 3.63) is 35.4 Å². The van der Waals surface area contributed by atoms with Crippen molar-refractivity contribution >= 4 is 0 Å². The number of nitrogens with one attached hydrogen (secondary N) is 1. The molecule has 1 atom stereocenters. The van der Waals surface area contributed by atoms with Crippen LogP contribution in [0.25, 0.3) is 0 Å². The molecule has 3 N–H and O–H groups in total. The standard InChI is InChI=1S/C16H26N2/c1-3-13-5-4-6-15(11-13)16(18-17)14-9-7-12(2)8-10-14/h4-6,11-12,14,16,18H,3,7-10,17H2,1-2H3. The van der Waals surface area contributed by atoms with Gasteiger partial charge in [0.05, 0.1) is 0 Å². The monoisotopic (exact) mass is 246 g/mol. The lowest BCUT2D eigenvalue weighted by Gasteiger charge is -2.32. The van der Waals surface area contributed by atoms with Gasteiger partial charge in [-0.2, -0.15) is 0 Å². The molecule has 0 saturated heterocycles. The fraction of sp³-hybridized carbons (Fsp3) is 0.625. The van der Waals surface area contributed by atoms with E-state index in [0.717, 1.165) is 12.3 Å². The van der Waals surface area contributed by atoms with E-state index in [9.17, 15) is 0 Å². The Hall–Kier alpha value is -0.860. The van der Waals surface area contributed by atoms with Crippen molar-refractivity contribution in [3.63, 3.8) is 0 Å². The fourth-order valence-electron chi connectivity index (χ4n) is 3.13. The van der Waals surface area contributed by atoms with Crippen LogP contribution in [0.5, 0.6) is 0 Å². The summed E-state index contributed by atoms with van der Waals surface area (Å²) in [6, 6.07) is 9.19. The number of nitrogens with two attached hydrogens (primary N) is 1. The summed E-state index contributed by atoms with van der Waals surface area (Å²) in [6.45, 7) is 4.56. The molecule has 2 heteroatoms. The minimum absolute atomic E-state index is 0.323. The van der Waals surface area contributed by atoms with Crippen LogP contribution in [0.3, 0.4) is 0 Å². The maximum absolute atomic E-state index is 5.81. The van der Waals surface area contributed by atoms with Crippen molar-refractivity contribution in [1.29, 1.82) is 0 Å². The van der Waals surface area contributed by atoms with Crippen molar-refractivity contribution in [3.8, 4) is 0 Å². The molecular formula is C16H26N2. The van der Waals surface area contributed by atoms with Gasteiger partial charge < -0.3 is 0 Å². The minimum Gasteiger partial charge on any atom is -0.271 e. The number of hydrogen-bond donors (Lipinski definition) is 2. The van der Waals surface area contributed by atoms with Gasteiger partial charge in [0.15, 0.2) is 0 Å². The zero-order valence-corrected chi connectivity index (χ0v) is 11.7. The van der Waals surface area contributed by atoms with Gasteiger partial charge in [-0.15, -0.1) is 0 Å². The highest BCUT2D eigenvalue weighted by molar-refractivity contribution is 5.26. The van der Waals surface area contributed by atoms with Crippen LogP contribution in [0.1, 0.15) is 56.7 Å². The first-order valence-electron chi connectivity index (χ1n) is 7.29. The van der Waals surface area contributed by atoms with Gasteiger partial charge in [0.2, 0.25) is 0 Å². The SMILES string of the molecule is CCc1cccc(C(NN)C2CCC(C)CC2)c1. The average molecular weight is 246 g/mol. The molecule has 1 aromatic carbocycles. The second-order valence-corrected chi connectivity index (χ2v) is 5.76. The van der Waals surface area contributed by atoms with Crippen LogP contribution in [0, 0.1) is 11.8 Å². The number of hydrazine groups is 1. The quantitative estimate of drug-likeness (QED) is 0.629. The maximum Gasteiger partial charge on any atom is 0.0488 e. The smallest absolute Gasteiger partial charge is 0.0488 e. The lowest BCUT2D eigenvalue weighted by Crippen LogP contribution is -2.35. The van der Waals surface area contributed by atoms with Crippen LogP contribution in [-0.2, 0) is 6.42 Å². The molecule has 2 rings (SSSR count). The van der Waals surface area contributed by atoms with E-state index in [1.54, 1.807) is 0 Å². The second-order valence-electron chi connectivity index (χ2n) is 5.76. The summed E-state index contributed by atoms with van der Waals surface area (Å²) in [5.41, 5.74) is 5.81. The van der Waals surface area contributed by atoms with Gasteiger partial charge in [-0.25, -0.2) is 0 Å². The molecule has 0 aromatic heterocycles. The highest BCUT2D eigenvalue weighted by atomic mass is 15.2. The third-order valence-corrected chi connectivity index (χ3v) is 4.43. The predicted molar refractivity (Wildman–Crippen MR) is 77.0 cm³/mol. The van der Waals surface area contributed by atoms with Gasteiger partial charge in [0.1, 0.15) is 0 Å². The molecule has 0 aliphatic heterocycles. The molecule has 2 nitrogen and oxygen atoms in total. The zero-order valence-electron chi connectivity index (χ0n) is 11.7. The molecule has 1 aromatic rings. The van der Waals surface area contributed by atoms with E-state index in [2.05, 4.69) is 43.5 Å². The normalized spacial score (nSPS) is 25.9.